The molecule has 0 radical (unpaired) electrons. The highest BCUT2D eigenvalue weighted by molar-refractivity contribution is 5.91. The molecule has 0 aromatic rings. The minimum atomic E-state index is 0.620. The van der Waals surface area contributed by atoms with E-state index < -0.39 is 0 Å². The van der Waals surface area contributed by atoms with Gasteiger partial charge in [-0.1, -0.05) is 24.3 Å². The summed E-state index contributed by atoms with van der Waals surface area (Å²) in [4.78, 5) is 0. The molecule has 0 bridgehead atoms. The number of hydrogen-bond acceptors (Lipinski definition) is 1. The van der Waals surface area contributed by atoms with Gasteiger partial charge < -0.3 is 5.41 Å². The van der Waals surface area contributed by atoms with E-state index in [9.17, 15) is 0 Å². The highest BCUT2D eigenvalue weighted by Crippen LogP contribution is 2.09. The fourth-order valence-corrected chi connectivity index (χ4v) is 0.915. The molecular formula is C9H11N. The largest absolute Gasteiger partial charge is 0.306 e. The third-order valence-electron chi connectivity index (χ3n) is 1.31. The third-order valence-corrected chi connectivity index (χ3v) is 1.31. The van der Waals surface area contributed by atoms with Crippen molar-refractivity contribution < 1.29 is 0 Å². The molecule has 52 valence electrons. The van der Waals surface area contributed by atoms with Crippen LogP contribution in [-0.4, -0.2) is 5.71 Å². The Balaban J connectivity index is 2.67. The average Bonchev–Trinajstić information content (AvgIpc) is 1.88. The first-order valence-electron chi connectivity index (χ1n) is 3.38. The first kappa shape index (κ1) is 7.00. The van der Waals surface area contributed by atoms with Crippen molar-refractivity contribution in [3.8, 4) is 0 Å². The van der Waals surface area contributed by atoms with Crippen molar-refractivity contribution >= 4 is 5.71 Å². The minimum Gasteiger partial charge on any atom is -0.306 e. The van der Waals surface area contributed by atoms with Crippen LogP contribution in [0.25, 0.3) is 0 Å². The molecule has 1 aliphatic rings. The quantitative estimate of drug-likeness (QED) is 0.531. The molecule has 0 saturated heterocycles. The van der Waals surface area contributed by atoms with Gasteiger partial charge in [0.1, 0.15) is 0 Å². The Labute approximate surface area is 61.3 Å². The molecule has 0 aliphatic heterocycles. The van der Waals surface area contributed by atoms with E-state index in [1.807, 2.05) is 24.3 Å². The van der Waals surface area contributed by atoms with E-state index >= 15 is 0 Å². The number of hydrogen-bond donors (Lipinski definition) is 1. The second-order valence-corrected chi connectivity index (χ2v) is 2.39. The van der Waals surface area contributed by atoms with Crippen molar-refractivity contribution in [3.05, 3.63) is 36.0 Å². The first-order chi connectivity index (χ1) is 4.79. The van der Waals surface area contributed by atoms with Gasteiger partial charge in [-0.3, -0.25) is 0 Å². The number of allylic oxidation sites excluding steroid dienone is 6. The minimum absolute atomic E-state index is 0.620. The van der Waals surface area contributed by atoms with Crippen molar-refractivity contribution in [2.24, 2.45) is 0 Å². The molecule has 0 atom stereocenters. The Kier molecular flexibility index (Phi) is 2.21. The van der Waals surface area contributed by atoms with Crippen LogP contribution in [-0.2, 0) is 0 Å². The summed E-state index contributed by atoms with van der Waals surface area (Å²) in [5, 5.41) is 7.20. The SMILES string of the molecule is CC(=N)/C=C1\C=CC=CC1. The first-order valence-corrected chi connectivity index (χ1v) is 3.38. The smallest absolute Gasteiger partial charge is 0.0285 e. The Bertz CT molecular complexity index is 219. The Morgan fingerprint density at radius 2 is 2.40 bits per heavy atom. The lowest BCUT2D eigenvalue weighted by atomic mass is 10.1. The van der Waals surface area contributed by atoms with E-state index in [0.717, 1.165) is 6.42 Å². The topological polar surface area (TPSA) is 23.9 Å². The summed E-state index contributed by atoms with van der Waals surface area (Å²) >= 11 is 0. The van der Waals surface area contributed by atoms with Gasteiger partial charge >= 0.3 is 0 Å². The predicted octanol–water partition coefficient (Wildman–Crippen LogP) is 2.47. The van der Waals surface area contributed by atoms with Crippen LogP contribution in [0.4, 0.5) is 0 Å². The van der Waals surface area contributed by atoms with Gasteiger partial charge in [-0.25, -0.2) is 0 Å². The molecule has 1 heteroatoms. The van der Waals surface area contributed by atoms with E-state index in [1.54, 1.807) is 6.92 Å². The highest BCUT2D eigenvalue weighted by atomic mass is 14.4. The van der Waals surface area contributed by atoms with Crippen molar-refractivity contribution in [2.75, 3.05) is 0 Å². The molecule has 0 unspecified atom stereocenters. The zero-order chi connectivity index (χ0) is 7.40. The summed E-state index contributed by atoms with van der Waals surface area (Å²) in [5.74, 6) is 0. The van der Waals surface area contributed by atoms with Crippen molar-refractivity contribution in [3.63, 3.8) is 0 Å². The lowest BCUT2D eigenvalue weighted by Gasteiger charge is -1.99. The molecule has 0 aromatic heterocycles. The zero-order valence-corrected chi connectivity index (χ0v) is 6.09. The molecule has 0 aromatic carbocycles. The lowest BCUT2D eigenvalue weighted by molar-refractivity contribution is 1.26. The van der Waals surface area contributed by atoms with Crippen LogP contribution in [0.2, 0.25) is 0 Å². The van der Waals surface area contributed by atoms with Gasteiger partial charge in [-0.05, 0) is 25.0 Å². The van der Waals surface area contributed by atoms with Crippen LogP contribution < -0.4 is 0 Å². The summed E-state index contributed by atoms with van der Waals surface area (Å²) in [6.07, 6.45) is 11.0. The van der Waals surface area contributed by atoms with Crippen molar-refractivity contribution in [1.29, 1.82) is 5.41 Å². The Hall–Kier alpha value is -1.11. The maximum atomic E-state index is 7.20. The standard InChI is InChI=1S/C9H11N/c1-8(10)7-9-5-3-2-4-6-9/h2-5,7,10H,6H2,1H3/b9-7+,10-8?. The van der Waals surface area contributed by atoms with Gasteiger partial charge in [0, 0.05) is 5.71 Å². The van der Waals surface area contributed by atoms with E-state index in [1.165, 1.54) is 5.57 Å². The molecule has 1 rings (SSSR count). The fraction of sp³-hybridized carbons (Fsp3) is 0.222. The summed E-state index contributed by atoms with van der Waals surface area (Å²) < 4.78 is 0. The van der Waals surface area contributed by atoms with Gasteiger partial charge in [-0.15, -0.1) is 0 Å². The monoisotopic (exact) mass is 133 g/mol. The van der Waals surface area contributed by atoms with E-state index in [4.69, 9.17) is 5.41 Å². The fourth-order valence-electron chi connectivity index (χ4n) is 0.915. The van der Waals surface area contributed by atoms with Gasteiger partial charge in [-0.2, -0.15) is 0 Å². The second kappa shape index (κ2) is 3.16. The molecular weight excluding hydrogens is 122 g/mol. The van der Waals surface area contributed by atoms with Gasteiger partial charge in [0.25, 0.3) is 0 Å². The van der Waals surface area contributed by atoms with Crippen LogP contribution >= 0.6 is 0 Å². The Morgan fingerprint density at radius 1 is 1.60 bits per heavy atom. The van der Waals surface area contributed by atoms with Crippen LogP contribution in [0.3, 0.4) is 0 Å². The molecule has 1 N–H and O–H groups in total. The van der Waals surface area contributed by atoms with Gasteiger partial charge in [0.2, 0.25) is 0 Å². The molecule has 0 saturated carbocycles. The third kappa shape index (κ3) is 2.02. The molecule has 0 heterocycles. The van der Waals surface area contributed by atoms with E-state index in [-0.39, 0.29) is 0 Å². The summed E-state index contributed by atoms with van der Waals surface area (Å²) in [7, 11) is 0. The van der Waals surface area contributed by atoms with Gasteiger partial charge in [0.05, 0.1) is 0 Å². The molecule has 1 nitrogen and oxygen atoms in total. The number of rotatable bonds is 1. The summed E-state index contributed by atoms with van der Waals surface area (Å²) in [6.45, 7) is 1.79. The predicted molar refractivity (Wildman–Crippen MR) is 44.4 cm³/mol. The van der Waals surface area contributed by atoms with Crippen LogP contribution in [0.5, 0.6) is 0 Å². The Morgan fingerprint density at radius 3 is 2.90 bits per heavy atom. The van der Waals surface area contributed by atoms with E-state index in [2.05, 4.69) is 6.08 Å². The van der Waals surface area contributed by atoms with Crippen LogP contribution in [0.15, 0.2) is 36.0 Å². The maximum absolute atomic E-state index is 7.20. The second-order valence-electron chi connectivity index (χ2n) is 2.39. The molecule has 10 heavy (non-hydrogen) atoms. The average molecular weight is 133 g/mol. The summed E-state index contributed by atoms with van der Waals surface area (Å²) in [6, 6.07) is 0. The lowest BCUT2D eigenvalue weighted by Crippen LogP contribution is -1.86. The normalized spacial score (nSPS) is 19.9. The number of nitrogens with one attached hydrogen (secondary N) is 1. The van der Waals surface area contributed by atoms with Gasteiger partial charge in [0.15, 0.2) is 0 Å². The highest BCUT2D eigenvalue weighted by Gasteiger charge is 1.92. The maximum Gasteiger partial charge on any atom is 0.0285 e. The van der Waals surface area contributed by atoms with Crippen molar-refractivity contribution in [2.45, 2.75) is 13.3 Å². The molecule has 1 aliphatic carbocycles. The molecule has 0 spiro atoms. The van der Waals surface area contributed by atoms with Crippen molar-refractivity contribution in [1.82, 2.24) is 0 Å². The zero-order valence-electron chi connectivity index (χ0n) is 6.09. The van der Waals surface area contributed by atoms with Crippen LogP contribution in [0.1, 0.15) is 13.3 Å². The molecule has 0 amide bonds. The summed E-state index contributed by atoms with van der Waals surface area (Å²) in [5.41, 5.74) is 1.84. The van der Waals surface area contributed by atoms with Crippen LogP contribution in [0, 0.1) is 5.41 Å². The van der Waals surface area contributed by atoms with E-state index in [0.29, 0.717) is 5.71 Å². The molecule has 0 fully saturated rings.